The van der Waals surface area contributed by atoms with Crippen molar-refractivity contribution in [2.75, 3.05) is 24.2 Å². The molecule has 38 heavy (non-hydrogen) atoms. The van der Waals surface area contributed by atoms with Gasteiger partial charge >= 0.3 is 6.18 Å². The SMILES string of the molecule is CSc1ccc(CNC(=O)[C@H]2CCCN(c3ncnc4nn(-c5ccc(C(F)(F)F)c(F)c5)cc34)C2)cc1. The molecule has 1 aliphatic heterocycles. The van der Waals surface area contributed by atoms with E-state index < -0.39 is 17.6 Å². The fourth-order valence-electron chi connectivity index (χ4n) is 4.55. The quantitative estimate of drug-likeness (QED) is 0.265. The highest BCUT2D eigenvalue weighted by Gasteiger charge is 2.34. The highest BCUT2D eigenvalue weighted by Crippen LogP contribution is 2.33. The van der Waals surface area contributed by atoms with Crippen molar-refractivity contribution in [3.05, 3.63) is 71.9 Å². The van der Waals surface area contributed by atoms with Crippen LogP contribution in [0.4, 0.5) is 23.4 Å². The lowest BCUT2D eigenvalue weighted by Gasteiger charge is -2.33. The van der Waals surface area contributed by atoms with Gasteiger partial charge in [0.15, 0.2) is 5.65 Å². The molecule has 1 amide bonds. The van der Waals surface area contributed by atoms with E-state index in [9.17, 15) is 22.4 Å². The number of benzene rings is 2. The van der Waals surface area contributed by atoms with E-state index in [-0.39, 0.29) is 17.5 Å². The van der Waals surface area contributed by atoms with E-state index in [0.29, 0.717) is 42.6 Å². The van der Waals surface area contributed by atoms with E-state index in [1.54, 1.807) is 18.0 Å². The Bertz CT molecular complexity index is 1460. The second-order valence-electron chi connectivity index (χ2n) is 9.02. The Morgan fingerprint density at radius 3 is 2.66 bits per heavy atom. The molecule has 2 aromatic carbocycles. The van der Waals surface area contributed by atoms with Crippen molar-refractivity contribution in [1.82, 2.24) is 25.1 Å². The Balaban J connectivity index is 1.32. The van der Waals surface area contributed by atoms with Crippen molar-refractivity contribution in [1.29, 1.82) is 0 Å². The molecule has 4 aromatic rings. The zero-order valence-electron chi connectivity index (χ0n) is 20.4. The zero-order chi connectivity index (χ0) is 26.9. The monoisotopic (exact) mass is 544 g/mol. The molecule has 198 valence electrons. The number of carbonyl (C=O) groups excluding carboxylic acids is 1. The second kappa shape index (κ2) is 10.6. The van der Waals surface area contributed by atoms with Crippen molar-refractivity contribution in [3.8, 4) is 5.69 Å². The lowest BCUT2D eigenvalue weighted by molar-refractivity contribution is -0.140. The van der Waals surface area contributed by atoms with Crippen LogP contribution in [0, 0.1) is 11.7 Å². The Kier molecular flexibility index (Phi) is 7.24. The first-order valence-corrected chi connectivity index (χ1v) is 13.2. The minimum Gasteiger partial charge on any atom is -0.355 e. The molecule has 5 rings (SSSR count). The summed E-state index contributed by atoms with van der Waals surface area (Å²) >= 11 is 1.66. The summed E-state index contributed by atoms with van der Waals surface area (Å²) in [5.74, 6) is -1.09. The van der Waals surface area contributed by atoms with Gasteiger partial charge in [-0.05, 0) is 48.9 Å². The van der Waals surface area contributed by atoms with Crippen LogP contribution in [0.25, 0.3) is 16.7 Å². The predicted octanol–water partition coefficient (Wildman–Crippen LogP) is 5.23. The molecule has 1 fully saturated rings. The minimum atomic E-state index is -4.79. The van der Waals surface area contributed by atoms with Gasteiger partial charge in [0.25, 0.3) is 0 Å². The van der Waals surface area contributed by atoms with Crippen molar-refractivity contribution in [2.24, 2.45) is 5.92 Å². The minimum absolute atomic E-state index is 0.0372. The van der Waals surface area contributed by atoms with Crippen LogP contribution in [0.1, 0.15) is 24.0 Å². The Morgan fingerprint density at radius 2 is 1.95 bits per heavy atom. The molecule has 0 bridgehead atoms. The van der Waals surface area contributed by atoms with Crippen molar-refractivity contribution < 1.29 is 22.4 Å². The molecule has 0 spiro atoms. The number of alkyl halides is 3. The molecule has 12 heteroatoms. The molecule has 1 N–H and O–H groups in total. The number of aromatic nitrogens is 4. The Morgan fingerprint density at radius 1 is 1.16 bits per heavy atom. The third-order valence-electron chi connectivity index (χ3n) is 6.54. The molecule has 0 unspecified atom stereocenters. The number of carbonyl (C=O) groups is 1. The number of fused-ring (bicyclic) bond motifs is 1. The first-order chi connectivity index (χ1) is 18.2. The van der Waals surface area contributed by atoms with Crippen LogP contribution in [0.2, 0.25) is 0 Å². The number of halogens is 4. The molecule has 0 aliphatic carbocycles. The highest BCUT2D eigenvalue weighted by molar-refractivity contribution is 7.98. The largest absolute Gasteiger partial charge is 0.419 e. The molecule has 3 heterocycles. The van der Waals surface area contributed by atoms with E-state index in [1.807, 2.05) is 35.4 Å². The van der Waals surface area contributed by atoms with Gasteiger partial charge in [0.1, 0.15) is 18.0 Å². The summed E-state index contributed by atoms with van der Waals surface area (Å²) in [6.07, 6.45) is 1.66. The van der Waals surface area contributed by atoms with Crippen LogP contribution in [-0.4, -0.2) is 45.0 Å². The molecule has 2 aromatic heterocycles. The van der Waals surface area contributed by atoms with Gasteiger partial charge in [0.2, 0.25) is 5.91 Å². The number of thioether (sulfide) groups is 1. The fraction of sp³-hybridized carbons (Fsp3) is 0.308. The van der Waals surface area contributed by atoms with Gasteiger partial charge in [-0.2, -0.15) is 13.2 Å². The van der Waals surface area contributed by atoms with Crippen LogP contribution in [0.15, 0.2) is 59.9 Å². The maximum atomic E-state index is 14.1. The smallest absolute Gasteiger partial charge is 0.355 e. The van der Waals surface area contributed by atoms with Crippen molar-refractivity contribution >= 4 is 34.5 Å². The van der Waals surface area contributed by atoms with Gasteiger partial charge in [0, 0.05) is 36.8 Å². The number of piperidine rings is 1. The van der Waals surface area contributed by atoms with Gasteiger partial charge in [-0.1, -0.05) is 12.1 Å². The molecule has 1 aliphatic rings. The Labute approximate surface area is 220 Å². The third kappa shape index (κ3) is 5.45. The molecular formula is C26H24F4N6OS. The highest BCUT2D eigenvalue weighted by atomic mass is 32.2. The van der Waals surface area contributed by atoms with E-state index >= 15 is 0 Å². The van der Waals surface area contributed by atoms with Gasteiger partial charge in [-0.15, -0.1) is 16.9 Å². The number of nitrogens with zero attached hydrogens (tertiary/aromatic N) is 5. The number of hydrogen-bond acceptors (Lipinski definition) is 6. The van der Waals surface area contributed by atoms with Crippen LogP contribution in [-0.2, 0) is 17.5 Å². The average molecular weight is 545 g/mol. The molecular weight excluding hydrogens is 520 g/mol. The summed E-state index contributed by atoms with van der Waals surface area (Å²) in [6.45, 7) is 1.56. The molecule has 7 nitrogen and oxygen atoms in total. The summed E-state index contributed by atoms with van der Waals surface area (Å²) in [7, 11) is 0. The first-order valence-electron chi connectivity index (χ1n) is 12.0. The van der Waals surface area contributed by atoms with Crippen LogP contribution < -0.4 is 10.2 Å². The Hall–Kier alpha value is -3.67. The number of hydrogen-bond donors (Lipinski definition) is 1. The summed E-state index contributed by atoms with van der Waals surface area (Å²) in [6, 6.07) is 10.7. The van der Waals surface area contributed by atoms with Gasteiger partial charge in [-0.3, -0.25) is 4.79 Å². The van der Waals surface area contributed by atoms with Crippen LogP contribution in [0.3, 0.4) is 0 Å². The molecule has 1 saturated heterocycles. The van der Waals surface area contributed by atoms with Gasteiger partial charge < -0.3 is 10.2 Å². The molecule has 1 atom stereocenters. The summed E-state index contributed by atoms with van der Waals surface area (Å²) in [5.41, 5.74) is 0.123. The van der Waals surface area contributed by atoms with Gasteiger partial charge in [-0.25, -0.2) is 19.0 Å². The van der Waals surface area contributed by atoms with Crippen LogP contribution >= 0.6 is 11.8 Å². The summed E-state index contributed by atoms with van der Waals surface area (Å²) in [4.78, 5) is 24.7. The summed E-state index contributed by atoms with van der Waals surface area (Å²) in [5, 5.41) is 7.89. The predicted molar refractivity (Wildman–Crippen MR) is 137 cm³/mol. The second-order valence-corrected chi connectivity index (χ2v) is 9.90. The zero-order valence-corrected chi connectivity index (χ0v) is 21.2. The topological polar surface area (TPSA) is 75.9 Å². The third-order valence-corrected chi connectivity index (χ3v) is 7.28. The number of anilines is 1. The summed E-state index contributed by atoms with van der Waals surface area (Å²) < 4.78 is 54.3. The van der Waals surface area contributed by atoms with E-state index in [1.165, 1.54) is 11.0 Å². The number of nitrogens with one attached hydrogen (secondary N) is 1. The number of amides is 1. The van der Waals surface area contributed by atoms with Crippen molar-refractivity contribution in [3.63, 3.8) is 0 Å². The molecule has 0 saturated carbocycles. The van der Waals surface area contributed by atoms with E-state index in [4.69, 9.17) is 0 Å². The van der Waals surface area contributed by atoms with Crippen LogP contribution in [0.5, 0.6) is 0 Å². The lowest BCUT2D eigenvalue weighted by atomic mass is 9.97. The normalized spacial score (nSPS) is 16.1. The van der Waals surface area contributed by atoms with E-state index in [0.717, 1.165) is 35.4 Å². The molecule has 0 radical (unpaired) electrons. The first kappa shape index (κ1) is 26.0. The fourth-order valence-corrected chi connectivity index (χ4v) is 4.96. The maximum Gasteiger partial charge on any atom is 0.419 e. The maximum absolute atomic E-state index is 14.1. The number of rotatable bonds is 6. The van der Waals surface area contributed by atoms with Crippen molar-refractivity contribution in [2.45, 2.75) is 30.5 Å². The average Bonchev–Trinajstić information content (AvgIpc) is 3.36. The van der Waals surface area contributed by atoms with Gasteiger partial charge in [0.05, 0.1) is 22.6 Å². The standard InChI is InChI=1S/C26H24F4N6OS/c1-38-19-7-4-16(5-8-19)12-31-25(37)17-3-2-10-35(13-17)24-20-14-36(34-23(20)32-15-33-24)18-6-9-21(22(27)11-18)26(28,29)30/h4-9,11,14-15,17H,2-3,10,12-13H2,1H3,(H,31,37)/t17-/m0/s1. The lowest BCUT2D eigenvalue weighted by Crippen LogP contribution is -2.43. The van der Waals surface area contributed by atoms with E-state index in [2.05, 4.69) is 20.4 Å².